The van der Waals surface area contributed by atoms with Crippen molar-refractivity contribution in [3.05, 3.63) is 74.6 Å². The van der Waals surface area contributed by atoms with E-state index >= 15 is 0 Å². The van der Waals surface area contributed by atoms with Crippen molar-refractivity contribution >= 4 is 65.7 Å². The molecule has 3 rings (SSSR count). The third-order valence-corrected chi connectivity index (χ3v) is 8.10. The van der Waals surface area contributed by atoms with Crippen LogP contribution in [0, 0.1) is 13.8 Å². The van der Waals surface area contributed by atoms with E-state index in [2.05, 4.69) is 46.0 Å². The third-order valence-electron chi connectivity index (χ3n) is 5.55. The van der Waals surface area contributed by atoms with E-state index < -0.39 is 14.0 Å². The summed E-state index contributed by atoms with van der Waals surface area (Å²) in [6, 6.07) is 14.1. The summed E-state index contributed by atoms with van der Waals surface area (Å²) in [7, 11) is -1.12. The van der Waals surface area contributed by atoms with Gasteiger partial charge in [-0.05, 0) is 67.4 Å². The van der Waals surface area contributed by atoms with Gasteiger partial charge in [-0.3, -0.25) is 4.79 Å². The smallest absolute Gasteiger partial charge is 0.271 e. The average molecular weight is 612 g/mol. The Morgan fingerprint density at radius 3 is 2.50 bits per heavy atom. The Kier molecular flexibility index (Phi) is 10.8. The number of amides is 1. The maximum atomic E-state index is 12.6. The van der Waals surface area contributed by atoms with Gasteiger partial charge >= 0.3 is 0 Å². The Labute approximate surface area is 233 Å². The fourth-order valence-corrected chi connectivity index (χ4v) is 4.86. The first kappa shape index (κ1) is 30.1. The maximum Gasteiger partial charge on any atom is 0.271 e. The molecular formula is C26H33BrCl2N4O2Si. The lowest BCUT2D eigenvalue weighted by Crippen LogP contribution is -2.22. The second-order valence-electron chi connectivity index (χ2n) is 9.69. The largest absolute Gasteiger partial charge is 0.394 e. The summed E-state index contributed by atoms with van der Waals surface area (Å²) in [5, 5.41) is 8.01. The van der Waals surface area contributed by atoms with Gasteiger partial charge in [0, 0.05) is 41.1 Å². The second-order valence-corrected chi connectivity index (χ2v) is 16.6. The van der Waals surface area contributed by atoms with Crippen molar-refractivity contribution < 1.29 is 9.53 Å². The van der Waals surface area contributed by atoms with Gasteiger partial charge in [-0.25, -0.2) is 4.68 Å². The van der Waals surface area contributed by atoms with Crippen molar-refractivity contribution in [1.29, 1.82) is 0 Å². The van der Waals surface area contributed by atoms with Crippen LogP contribution in [0.3, 0.4) is 0 Å². The van der Waals surface area contributed by atoms with E-state index in [-0.39, 0.29) is 18.1 Å². The number of benzene rings is 2. The molecule has 36 heavy (non-hydrogen) atoms. The zero-order valence-corrected chi connectivity index (χ0v) is 25.4. The molecule has 0 atom stereocenters. The zero-order valence-electron chi connectivity index (χ0n) is 21.2. The van der Waals surface area contributed by atoms with Crippen LogP contribution in [0.4, 0.5) is 5.69 Å². The van der Waals surface area contributed by atoms with E-state index in [9.17, 15) is 4.79 Å². The van der Waals surface area contributed by atoms with E-state index in [0.29, 0.717) is 23.0 Å². The van der Waals surface area contributed by atoms with Crippen LogP contribution in [0.5, 0.6) is 0 Å². The molecule has 1 heterocycles. The predicted molar refractivity (Wildman–Crippen MR) is 158 cm³/mol. The van der Waals surface area contributed by atoms with Gasteiger partial charge in [0.25, 0.3) is 5.91 Å². The summed E-state index contributed by atoms with van der Waals surface area (Å²) in [5.74, 6) is -0.399. The van der Waals surface area contributed by atoms with E-state index in [1.807, 2.05) is 48.9 Å². The highest BCUT2D eigenvalue weighted by Gasteiger charge is 2.16. The fourth-order valence-electron chi connectivity index (χ4n) is 3.55. The molecule has 1 amide bonds. The topological polar surface area (TPSA) is 82.2 Å². The Bertz CT molecular complexity index is 1240. The Morgan fingerprint density at radius 1 is 1.19 bits per heavy atom. The highest BCUT2D eigenvalue weighted by atomic mass is 79.9. The fraction of sp³-hybridized carbons (Fsp3) is 0.308. The molecule has 6 nitrogen and oxygen atoms in total. The highest BCUT2D eigenvalue weighted by molar-refractivity contribution is 9.10. The number of anilines is 1. The summed E-state index contributed by atoms with van der Waals surface area (Å²) in [5.41, 5.74) is 11.5. The van der Waals surface area contributed by atoms with Gasteiger partial charge in [-0.1, -0.05) is 59.3 Å². The Morgan fingerprint density at radius 2 is 1.86 bits per heavy atom. The van der Waals surface area contributed by atoms with Gasteiger partial charge in [0.2, 0.25) is 0 Å². The Balaban J connectivity index is 0.00000456. The van der Waals surface area contributed by atoms with E-state index in [0.717, 1.165) is 39.6 Å². The monoisotopic (exact) mass is 610 g/mol. The molecule has 0 bridgehead atoms. The second kappa shape index (κ2) is 12.9. The van der Waals surface area contributed by atoms with E-state index in [1.165, 1.54) is 0 Å². The first-order chi connectivity index (χ1) is 16.4. The van der Waals surface area contributed by atoms with Crippen LogP contribution in [0.25, 0.3) is 17.2 Å². The summed E-state index contributed by atoms with van der Waals surface area (Å²) in [6.07, 6.45) is 1.56. The van der Waals surface area contributed by atoms with Gasteiger partial charge in [0.05, 0.1) is 11.4 Å². The number of hydrogen-bond donors (Lipinski definition) is 2. The van der Waals surface area contributed by atoms with Gasteiger partial charge in [-0.15, -0.1) is 12.4 Å². The van der Waals surface area contributed by atoms with Crippen molar-refractivity contribution in [2.24, 2.45) is 5.73 Å². The van der Waals surface area contributed by atoms with E-state index in [1.54, 1.807) is 18.2 Å². The molecule has 3 aromatic rings. The minimum absolute atomic E-state index is 0. The number of ether oxygens (including phenoxy) is 1. The van der Waals surface area contributed by atoms with Crippen LogP contribution >= 0.6 is 39.9 Å². The van der Waals surface area contributed by atoms with Crippen LogP contribution in [0.1, 0.15) is 17.0 Å². The molecule has 0 aliphatic rings. The number of halogens is 3. The predicted octanol–water partition coefficient (Wildman–Crippen LogP) is 7.26. The number of nitrogens with two attached hydrogens (primary N) is 1. The highest BCUT2D eigenvalue weighted by Crippen LogP contribution is 2.28. The summed E-state index contributed by atoms with van der Waals surface area (Å²) >= 11 is 9.59. The quantitative estimate of drug-likeness (QED) is 0.152. The number of carbonyl (C=O) groups excluding carboxylic acids is 1. The number of nitrogens with zero attached hydrogens (tertiary/aromatic N) is 2. The Hall–Kier alpha value is -2.10. The first-order valence-corrected chi connectivity index (χ1v) is 16.3. The number of carbonyl (C=O) groups is 1. The molecule has 194 valence electrons. The lowest BCUT2D eigenvalue weighted by molar-refractivity contribution is -0.112. The maximum absolute atomic E-state index is 12.6. The van der Waals surface area contributed by atoms with Crippen molar-refractivity contribution in [2.75, 3.05) is 11.9 Å². The molecular weight excluding hydrogens is 579 g/mol. The molecule has 0 unspecified atom stereocenters. The molecule has 3 N–H and O–H groups in total. The minimum Gasteiger partial charge on any atom is -0.394 e. The molecule has 0 aliphatic heterocycles. The number of nitrogens with one attached hydrogen (secondary N) is 1. The minimum atomic E-state index is -1.12. The van der Waals surface area contributed by atoms with Gasteiger partial charge < -0.3 is 15.8 Å². The van der Waals surface area contributed by atoms with Crippen molar-refractivity contribution in [2.45, 2.75) is 46.3 Å². The van der Waals surface area contributed by atoms with Crippen LogP contribution in [-0.2, 0) is 16.3 Å². The SMILES string of the molecule is Cc1nn(COCC[Si](C)(C)C)c(C)c1-c1ccc(NC(=O)/C(N)=C/c2cc(Br)ccc2Cl)cc1.Cl. The van der Waals surface area contributed by atoms with Crippen LogP contribution in [-0.4, -0.2) is 30.4 Å². The summed E-state index contributed by atoms with van der Waals surface area (Å²) in [6.45, 7) is 12.3. The lowest BCUT2D eigenvalue weighted by atomic mass is 10.0. The average Bonchev–Trinajstić information content (AvgIpc) is 3.06. The zero-order chi connectivity index (χ0) is 25.8. The number of aryl methyl sites for hydroxylation is 1. The number of rotatable bonds is 9. The molecule has 10 heteroatoms. The van der Waals surface area contributed by atoms with Crippen LogP contribution in [0.2, 0.25) is 30.7 Å². The number of aromatic nitrogens is 2. The molecule has 0 saturated heterocycles. The van der Waals surface area contributed by atoms with Crippen LogP contribution < -0.4 is 11.1 Å². The van der Waals surface area contributed by atoms with Crippen molar-refractivity contribution in [1.82, 2.24) is 9.78 Å². The molecule has 2 aromatic carbocycles. The standard InChI is InChI=1S/C26H32BrClN4O2Si.ClH/c1-17-25(18(2)32(31-17)16-34-12-13-35(3,4)5)19-6-9-22(10-7-19)30-26(33)24(29)15-20-14-21(27)8-11-23(20)28;/h6-11,14-15H,12-13,16,29H2,1-5H3,(H,30,33);1H/b24-15-;. The molecule has 0 radical (unpaired) electrons. The molecule has 0 spiro atoms. The number of hydrogen-bond acceptors (Lipinski definition) is 4. The van der Waals surface area contributed by atoms with E-state index in [4.69, 9.17) is 22.1 Å². The van der Waals surface area contributed by atoms with Gasteiger partial charge in [-0.2, -0.15) is 5.10 Å². The van der Waals surface area contributed by atoms with Gasteiger partial charge in [0.15, 0.2) is 0 Å². The van der Waals surface area contributed by atoms with Crippen molar-refractivity contribution in [3.8, 4) is 11.1 Å². The van der Waals surface area contributed by atoms with Crippen molar-refractivity contribution in [3.63, 3.8) is 0 Å². The third kappa shape index (κ3) is 8.21. The first-order valence-electron chi connectivity index (χ1n) is 11.4. The lowest BCUT2D eigenvalue weighted by Gasteiger charge is -2.15. The van der Waals surface area contributed by atoms with Crippen LogP contribution in [0.15, 0.2) is 52.6 Å². The normalized spacial score (nSPS) is 11.8. The summed E-state index contributed by atoms with van der Waals surface area (Å²) < 4.78 is 8.64. The molecule has 1 aromatic heterocycles. The molecule has 0 aliphatic carbocycles. The molecule has 0 fully saturated rings. The summed E-state index contributed by atoms with van der Waals surface area (Å²) in [4.78, 5) is 12.6. The molecule has 0 saturated carbocycles. The van der Waals surface area contributed by atoms with Gasteiger partial charge in [0.1, 0.15) is 6.73 Å².